The first kappa shape index (κ1) is 20.9. The first-order valence-electron chi connectivity index (χ1n) is 7.81. The summed E-state index contributed by atoms with van der Waals surface area (Å²) >= 11 is 0. The van der Waals surface area contributed by atoms with Gasteiger partial charge in [0.1, 0.15) is 19.8 Å². The van der Waals surface area contributed by atoms with Gasteiger partial charge in [-0.25, -0.2) is 14.4 Å². The van der Waals surface area contributed by atoms with Crippen molar-refractivity contribution < 1.29 is 28.6 Å². The predicted molar refractivity (Wildman–Crippen MR) is 97.1 cm³/mol. The molecule has 0 radical (unpaired) electrons. The number of hydrogen-bond acceptors (Lipinski definition) is 6. The molecule has 26 heavy (non-hydrogen) atoms. The molecule has 0 aliphatic rings. The van der Waals surface area contributed by atoms with Gasteiger partial charge >= 0.3 is 17.9 Å². The Hall–Kier alpha value is -3.15. The number of carbonyl (C=O) groups excluding carboxylic acids is 3. The number of ether oxygens (including phenoxy) is 3. The molecule has 138 valence electrons. The monoisotopic (exact) mass is 358 g/mol. The maximum absolute atomic E-state index is 12.3. The van der Waals surface area contributed by atoms with Gasteiger partial charge in [-0.15, -0.1) is 0 Å². The molecule has 0 amide bonds. The van der Waals surface area contributed by atoms with E-state index in [1.165, 1.54) is 24.3 Å². The zero-order valence-corrected chi connectivity index (χ0v) is 15.0. The molecule has 0 atom stereocenters. The lowest BCUT2D eigenvalue weighted by molar-refractivity contribution is 0.0491. The summed E-state index contributed by atoms with van der Waals surface area (Å²) in [7, 11) is 0. The van der Waals surface area contributed by atoms with Crippen molar-refractivity contribution in [2.24, 2.45) is 0 Å². The van der Waals surface area contributed by atoms with Gasteiger partial charge in [-0.05, 0) is 43.2 Å². The van der Waals surface area contributed by atoms with Crippen LogP contribution in [0.1, 0.15) is 44.9 Å². The Morgan fingerprint density at radius 2 is 1.42 bits per heavy atom. The number of benzene rings is 1. The summed E-state index contributed by atoms with van der Waals surface area (Å²) in [6.45, 7) is 14.2. The van der Waals surface area contributed by atoms with E-state index >= 15 is 0 Å². The minimum Gasteiger partial charge on any atom is -0.458 e. The van der Waals surface area contributed by atoms with Crippen molar-refractivity contribution in [2.75, 3.05) is 19.8 Å². The normalized spacial score (nSPS) is 9.77. The van der Waals surface area contributed by atoms with Crippen molar-refractivity contribution in [1.29, 1.82) is 0 Å². The molecule has 0 aromatic heterocycles. The van der Waals surface area contributed by atoms with Crippen LogP contribution in [0, 0.1) is 0 Å². The summed E-state index contributed by atoms with van der Waals surface area (Å²) in [5.74, 6) is -2.14. The highest BCUT2D eigenvalue weighted by Crippen LogP contribution is 2.17. The van der Waals surface area contributed by atoms with Gasteiger partial charge in [-0.3, -0.25) is 0 Å². The predicted octanol–water partition coefficient (Wildman–Crippen LogP) is 3.50. The standard InChI is InChI=1S/C20H22O6/c1-6-9-24-18(21)15-7-8-16(19(22)25-11-13(2)3)17(10-15)20(23)26-12-14(4)5/h6-8,10H,1-2,4,9,11-12H2,3,5H3. The molecule has 0 spiro atoms. The van der Waals surface area contributed by atoms with Crippen molar-refractivity contribution in [1.82, 2.24) is 0 Å². The number of carbonyl (C=O) groups is 3. The first-order chi connectivity index (χ1) is 12.3. The van der Waals surface area contributed by atoms with Gasteiger partial charge in [-0.1, -0.05) is 25.8 Å². The van der Waals surface area contributed by atoms with Gasteiger partial charge in [0, 0.05) is 0 Å². The van der Waals surface area contributed by atoms with Gasteiger partial charge in [0.25, 0.3) is 0 Å². The van der Waals surface area contributed by atoms with E-state index in [4.69, 9.17) is 14.2 Å². The third-order valence-electron chi connectivity index (χ3n) is 2.93. The second-order valence-electron chi connectivity index (χ2n) is 5.71. The molecular weight excluding hydrogens is 336 g/mol. The van der Waals surface area contributed by atoms with Gasteiger partial charge in [0.15, 0.2) is 0 Å². The van der Waals surface area contributed by atoms with Crippen molar-refractivity contribution >= 4 is 17.9 Å². The quantitative estimate of drug-likeness (QED) is 0.382. The first-order valence-corrected chi connectivity index (χ1v) is 7.81. The highest BCUT2D eigenvalue weighted by atomic mass is 16.5. The average molecular weight is 358 g/mol. The van der Waals surface area contributed by atoms with Crippen LogP contribution in [-0.4, -0.2) is 37.7 Å². The summed E-state index contributed by atoms with van der Waals surface area (Å²) in [4.78, 5) is 36.6. The van der Waals surface area contributed by atoms with Crippen LogP contribution in [0.3, 0.4) is 0 Å². The summed E-state index contributed by atoms with van der Waals surface area (Å²) in [6, 6.07) is 3.93. The van der Waals surface area contributed by atoms with Crippen LogP contribution in [0.4, 0.5) is 0 Å². The molecule has 6 nitrogen and oxygen atoms in total. The number of esters is 3. The second kappa shape index (κ2) is 9.98. The highest BCUT2D eigenvalue weighted by Gasteiger charge is 2.22. The molecule has 0 heterocycles. The van der Waals surface area contributed by atoms with E-state index in [-0.39, 0.29) is 36.5 Å². The molecule has 0 unspecified atom stereocenters. The fourth-order valence-electron chi connectivity index (χ4n) is 1.77. The van der Waals surface area contributed by atoms with Gasteiger partial charge in [-0.2, -0.15) is 0 Å². The van der Waals surface area contributed by atoms with Crippen LogP contribution in [0.15, 0.2) is 55.2 Å². The smallest absolute Gasteiger partial charge is 0.339 e. The Balaban J connectivity index is 3.17. The maximum atomic E-state index is 12.3. The van der Waals surface area contributed by atoms with E-state index < -0.39 is 17.9 Å². The molecule has 0 saturated heterocycles. The molecule has 1 aromatic carbocycles. The lowest BCUT2D eigenvalue weighted by Gasteiger charge is -2.11. The van der Waals surface area contributed by atoms with Crippen LogP contribution < -0.4 is 0 Å². The lowest BCUT2D eigenvalue weighted by Crippen LogP contribution is -2.17. The van der Waals surface area contributed by atoms with Crippen LogP contribution in [0.25, 0.3) is 0 Å². The molecule has 0 saturated carbocycles. The third-order valence-corrected chi connectivity index (χ3v) is 2.93. The minimum absolute atomic E-state index is 0.00970. The maximum Gasteiger partial charge on any atom is 0.339 e. The SMILES string of the molecule is C=CCOC(=O)c1ccc(C(=O)OCC(=C)C)c(C(=O)OCC(=C)C)c1. The molecular formula is C20H22O6. The highest BCUT2D eigenvalue weighted by molar-refractivity contribution is 6.05. The Morgan fingerprint density at radius 1 is 0.885 bits per heavy atom. The summed E-state index contributed by atoms with van der Waals surface area (Å²) in [6.07, 6.45) is 1.42. The fraction of sp³-hybridized carbons (Fsp3) is 0.250. The Bertz CT molecular complexity index is 745. The zero-order chi connectivity index (χ0) is 19.7. The van der Waals surface area contributed by atoms with E-state index in [2.05, 4.69) is 19.7 Å². The van der Waals surface area contributed by atoms with Gasteiger partial charge < -0.3 is 14.2 Å². The molecule has 1 aromatic rings. The van der Waals surface area contributed by atoms with Crippen molar-refractivity contribution in [3.05, 3.63) is 71.8 Å². The molecule has 1 rings (SSSR count). The molecule has 0 fully saturated rings. The van der Waals surface area contributed by atoms with Crippen LogP contribution in [-0.2, 0) is 14.2 Å². The van der Waals surface area contributed by atoms with E-state index in [0.29, 0.717) is 11.1 Å². The van der Waals surface area contributed by atoms with Crippen LogP contribution >= 0.6 is 0 Å². The minimum atomic E-state index is -0.770. The average Bonchev–Trinajstić information content (AvgIpc) is 2.61. The van der Waals surface area contributed by atoms with Crippen molar-refractivity contribution in [3.8, 4) is 0 Å². The Kier molecular flexibility index (Phi) is 8.02. The van der Waals surface area contributed by atoms with E-state index in [0.717, 1.165) is 0 Å². The van der Waals surface area contributed by atoms with Crippen LogP contribution in [0.5, 0.6) is 0 Å². The van der Waals surface area contributed by atoms with Crippen molar-refractivity contribution in [3.63, 3.8) is 0 Å². The molecule has 0 N–H and O–H groups in total. The largest absolute Gasteiger partial charge is 0.458 e. The van der Waals surface area contributed by atoms with Gasteiger partial charge in [0.05, 0.1) is 16.7 Å². The Labute approximate surface area is 152 Å². The molecule has 0 bridgehead atoms. The van der Waals surface area contributed by atoms with Crippen LogP contribution in [0.2, 0.25) is 0 Å². The molecule has 0 aliphatic carbocycles. The molecule has 0 aliphatic heterocycles. The lowest BCUT2D eigenvalue weighted by atomic mass is 10.0. The van der Waals surface area contributed by atoms with E-state index in [1.807, 2.05) is 0 Å². The summed E-state index contributed by atoms with van der Waals surface area (Å²) in [5, 5.41) is 0. The third kappa shape index (κ3) is 6.39. The fourth-order valence-corrected chi connectivity index (χ4v) is 1.77. The molecule has 6 heteroatoms. The van der Waals surface area contributed by atoms with Gasteiger partial charge in [0.2, 0.25) is 0 Å². The number of rotatable bonds is 9. The zero-order valence-electron chi connectivity index (χ0n) is 15.0. The second-order valence-corrected chi connectivity index (χ2v) is 5.71. The summed E-state index contributed by atoms with van der Waals surface area (Å²) < 4.78 is 15.1. The summed E-state index contributed by atoms with van der Waals surface area (Å²) in [5.41, 5.74) is 1.27. The Morgan fingerprint density at radius 3 is 1.92 bits per heavy atom. The topological polar surface area (TPSA) is 78.9 Å². The number of hydrogen-bond donors (Lipinski definition) is 0. The van der Waals surface area contributed by atoms with E-state index in [9.17, 15) is 14.4 Å². The van der Waals surface area contributed by atoms with E-state index in [1.54, 1.807) is 13.8 Å². The van der Waals surface area contributed by atoms with Crippen molar-refractivity contribution in [2.45, 2.75) is 13.8 Å².